The molecule has 0 aromatic heterocycles. The van der Waals surface area contributed by atoms with Gasteiger partial charge < -0.3 is 0 Å². The summed E-state index contributed by atoms with van der Waals surface area (Å²) in [4.78, 5) is 39.5. The standard InChI is InChI=1S/C17H12Cl2N2O3/c18-13-7-3-1-5-11(13)15(22)20-9-10-21(17(20)24)16(23)12-6-2-4-8-14(12)19/h1-8H,9-10H2. The van der Waals surface area contributed by atoms with E-state index >= 15 is 0 Å². The molecule has 4 amide bonds. The van der Waals surface area contributed by atoms with Gasteiger partial charge in [-0.3, -0.25) is 19.4 Å². The quantitative estimate of drug-likeness (QED) is 0.817. The molecule has 0 bridgehead atoms. The van der Waals surface area contributed by atoms with Gasteiger partial charge in [0.05, 0.1) is 21.2 Å². The molecule has 0 atom stereocenters. The van der Waals surface area contributed by atoms with E-state index in [-0.39, 0.29) is 34.3 Å². The normalized spacial score (nSPS) is 14.2. The first-order valence-electron chi connectivity index (χ1n) is 7.17. The van der Waals surface area contributed by atoms with Crippen molar-refractivity contribution in [2.45, 2.75) is 0 Å². The highest BCUT2D eigenvalue weighted by molar-refractivity contribution is 6.35. The maximum absolute atomic E-state index is 12.5. The lowest BCUT2D eigenvalue weighted by molar-refractivity contribution is 0.0790. The molecular formula is C17H12Cl2N2O3. The number of hydrogen-bond donors (Lipinski definition) is 0. The van der Waals surface area contributed by atoms with Gasteiger partial charge in [0.15, 0.2) is 0 Å². The smallest absolute Gasteiger partial charge is 0.268 e. The molecule has 1 fully saturated rings. The summed E-state index contributed by atoms with van der Waals surface area (Å²) in [5.41, 5.74) is 0.444. The Morgan fingerprint density at radius 1 is 0.750 bits per heavy atom. The summed E-state index contributed by atoms with van der Waals surface area (Å²) in [6.07, 6.45) is 0. The van der Waals surface area contributed by atoms with Crippen LogP contribution >= 0.6 is 23.2 Å². The number of benzene rings is 2. The van der Waals surface area contributed by atoms with Crippen molar-refractivity contribution < 1.29 is 14.4 Å². The van der Waals surface area contributed by atoms with Crippen molar-refractivity contribution in [2.75, 3.05) is 13.1 Å². The van der Waals surface area contributed by atoms with Gasteiger partial charge in [-0.1, -0.05) is 47.5 Å². The Hall–Kier alpha value is -2.37. The highest BCUT2D eigenvalue weighted by Crippen LogP contribution is 2.23. The molecule has 0 spiro atoms. The van der Waals surface area contributed by atoms with E-state index in [9.17, 15) is 14.4 Å². The highest BCUT2D eigenvalue weighted by Gasteiger charge is 2.38. The third-order valence-corrected chi connectivity index (χ3v) is 4.37. The van der Waals surface area contributed by atoms with Crippen LogP contribution in [0.1, 0.15) is 20.7 Å². The lowest BCUT2D eigenvalue weighted by atomic mass is 10.2. The molecular weight excluding hydrogens is 351 g/mol. The van der Waals surface area contributed by atoms with Crippen LogP contribution in [0, 0.1) is 0 Å². The van der Waals surface area contributed by atoms with Crippen LogP contribution in [-0.4, -0.2) is 40.7 Å². The van der Waals surface area contributed by atoms with Crippen molar-refractivity contribution in [1.82, 2.24) is 9.80 Å². The molecule has 1 aliphatic heterocycles. The fourth-order valence-electron chi connectivity index (χ4n) is 2.47. The first-order valence-corrected chi connectivity index (χ1v) is 7.93. The fraction of sp³-hybridized carbons (Fsp3) is 0.118. The van der Waals surface area contributed by atoms with E-state index in [1.165, 1.54) is 12.1 Å². The molecule has 1 heterocycles. The SMILES string of the molecule is O=C(c1ccccc1Cl)N1CCN(C(=O)c2ccccc2Cl)C1=O. The van der Waals surface area contributed by atoms with E-state index in [0.29, 0.717) is 0 Å². The predicted molar refractivity (Wildman–Crippen MR) is 90.4 cm³/mol. The fourth-order valence-corrected chi connectivity index (χ4v) is 2.91. The van der Waals surface area contributed by atoms with Crippen LogP contribution in [0.3, 0.4) is 0 Å². The number of nitrogens with zero attached hydrogens (tertiary/aromatic N) is 2. The van der Waals surface area contributed by atoms with Crippen molar-refractivity contribution in [3.05, 3.63) is 69.7 Å². The Balaban J connectivity index is 1.83. The van der Waals surface area contributed by atoms with Crippen molar-refractivity contribution in [1.29, 1.82) is 0 Å². The molecule has 0 saturated carbocycles. The van der Waals surface area contributed by atoms with Crippen molar-refractivity contribution in [2.24, 2.45) is 0 Å². The number of carbonyl (C=O) groups is 3. The van der Waals surface area contributed by atoms with Crippen LogP contribution in [0.2, 0.25) is 10.0 Å². The van der Waals surface area contributed by atoms with Gasteiger partial charge in [-0.15, -0.1) is 0 Å². The highest BCUT2D eigenvalue weighted by atomic mass is 35.5. The first kappa shape index (κ1) is 16.5. The summed E-state index contributed by atoms with van der Waals surface area (Å²) in [6, 6.07) is 12.2. The topological polar surface area (TPSA) is 57.7 Å². The number of carbonyl (C=O) groups excluding carboxylic acids is 3. The summed E-state index contributed by atoms with van der Waals surface area (Å²) in [7, 11) is 0. The van der Waals surface area contributed by atoms with Gasteiger partial charge in [0, 0.05) is 13.1 Å². The van der Waals surface area contributed by atoms with Crippen molar-refractivity contribution in [3.63, 3.8) is 0 Å². The Labute approximate surface area is 148 Å². The number of hydrogen-bond acceptors (Lipinski definition) is 3. The van der Waals surface area contributed by atoms with Crippen LogP contribution in [0.15, 0.2) is 48.5 Å². The summed E-state index contributed by atoms with van der Waals surface area (Å²) in [6.45, 7) is 0.220. The molecule has 0 radical (unpaired) electrons. The van der Waals surface area contributed by atoms with Crippen LogP contribution < -0.4 is 0 Å². The molecule has 3 rings (SSSR count). The van der Waals surface area contributed by atoms with Crippen molar-refractivity contribution >= 4 is 41.0 Å². The minimum atomic E-state index is -0.676. The maximum atomic E-state index is 12.5. The van der Waals surface area contributed by atoms with E-state index in [1.54, 1.807) is 36.4 Å². The molecule has 5 nitrogen and oxygen atoms in total. The Morgan fingerprint density at radius 3 is 1.50 bits per heavy atom. The lowest BCUT2D eigenvalue weighted by Gasteiger charge is -2.17. The average molecular weight is 363 g/mol. The zero-order chi connectivity index (χ0) is 17.3. The van der Waals surface area contributed by atoms with Gasteiger partial charge in [-0.2, -0.15) is 0 Å². The van der Waals surface area contributed by atoms with E-state index in [4.69, 9.17) is 23.2 Å². The second-order valence-corrected chi connectivity index (χ2v) is 5.97. The second-order valence-electron chi connectivity index (χ2n) is 5.16. The largest absolute Gasteiger partial charge is 0.334 e. The summed E-state index contributed by atoms with van der Waals surface area (Å²) in [5, 5.41) is 0.511. The van der Waals surface area contributed by atoms with E-state index < -0.39 is 17.8 Å². The molecule has 7 heteroatoms. The minimum Gasteiger partial charge on any atom is -0.268 e. The van der Waals surface area contributed by atoms with E-state index in [0.717, 1.165) is 9.80 Å². The minimum absolute atomic E-state index is 0.110. The Kier molecular flexibility index (Phi) is 4.55. The van der Waals surface area contributed by atoms with Gasteiger partial charge >= 0.3 is 6.03 Å². The van der Waals surface area contributed by atoms with Crippen LogP contribution in [0.25, 0.3) is 0 Å². The molecule has 1 saturated heterocycles. The van der Waals surface area contributed by atoms with Gasteiger partial charge in [-0.05, 0) is 24.3 Å². The summed E-state index contributed by atoms with van der Waals surface area (Å²) >= 11 is 12.0. The Bertz CT molecular complexity index is 771. The van der Waals surface area contributed by atoms with Crippen LogP contribution in [-0.2, 0) is 0 Å². The molecule has 2 aromatic rings. The summed E-state index contributed by atoms with van der Waals surface area (Å²) < 4.78 is 0. The molecule has 0 unspecified atom stereocenters. The number of rotatable bonds is 2. The zero-order valence-corrected chi connectivity index (χ0v) is 13.9. The Morgan fingerprint density at radius 2 is 1.12 bits per heavy atom. The molecule has 0 N–H and O–H groups in total. The number of imide groups is 2. The van der Waals surface area contributed by atoms with E-state index in [1.807, 2.05) is 0 Å². The number of halogens is 2. The molecule has 24 heavy (non-hydrogen) atoms. The molecule has 0 aliphatic carbocycles. The number of amides is 4. The molecule has 122 valence electrons. The molecule has 1 aliphatic rings. The van der Waals surface area contributed by atoms with Gasteiger partial charge in [0.25, 0.3) is 11.8 Å². The molecule has 2 aromatic carbocycles. The van der Waals surface area contributed by atoms with Gasteiger partial charge in [0.1, 0.15) is 0 Å². The lowest BCUT2D eigenvalue weighted by Crippen LogP contribution is -2.39. The van der Waals surface area contributed by atoms with Gasteiger partial charge in [-0.25, -0.2) is 4.79 Å². The van der Waals surface area contributed by atoms with Gasteiger partial charge in [0.2, 0.25) is 0 Å². The maximum Gasteiger partial charge on any atom is 0.334 e. The number of urea groups is 1. The first-order chi connectivity index (χ1) is 11.5. The average Bonchev–Trinajstić information content (AvgIpc) is 2.96. The monoisotopic (exact) mass is 362 g/mol. The predicted octanol–water partition coefficient (Wildman–Crippen LogP) is 3.71. The summed E-state index contributed by atoms with van der Waals surface area (Å²) in [5.74, 6) is -1.06. The van der Waals surface area contributed by atoms with Crippen LogP contribution in [0.4, 0.5) is 4.79 Å². The zero-order valence-electron chi connectivity index (χ0n) is 12.4. The second kappa shape index (κ2) is 6.63. The van der Waals surface area contributed by atoms with Crippen molar-refractivity contribution in [3.8, 4) is 0 Å². The van der Waals surface area contributed by atoms with Crippen LogP contribution in [0.5, 0.6) is 0 Å². The third kappa shape index (κ3) is 2.88. The third-order valence-electron chi connectivity index (χ3n) is 3.71. The van der Waals surface area contributed by atoms with E-state index in [2.05, 4.69) is 0 Å².